The van der Waals surface area contributed by atoms with Gasteiger partial charge in [0.25, 0.3) is 0 Å². The van der Waals surface area contributed by atoms with E-state index < -0.39 is 61.4 Å². The van der Waals surface area contributed by atoms with Crippen molar-refractivity contribution in [3.63, 3.8) is 0 Å². The van der Waals surface area contributed by atoms with Crippen molar-refractivity contribution in [3.05, 3.63) is 0 Å². The minimum atomic E-state index is -4.43. The van der Waals surface area contributed by atoms with E-state index in [9.17, 15) is 36.7 Å². The molecular weight excluding hydrogens is 308 g/mol. The summed E-state index contributed by atoms with van der Waals surface area (Å²) in [6, 6.07) is 0. The van der Waals surface area contributed by atoms with Crippen LogP contribution in [0.15, 0.2) is 0 Å². The van der Waals surface area contributed by atoms with E-state index in [1.165, 1.54) is 0 Å². The second-order valence-corrected chi connectivity index (χ2v) is 3.87. The van der Waals surface area contributed by atoms with Crippen LogP contribution < -0.4 is 0 Å². The maximum atomic E-state index is 13.0. The average molecular weight is 318 g/mol. The zero-order chi connectivity index (χ0) is 16.8. The van der Waals surface area contributed by atoms with Crippen molar-refractivity contribution in [3.8, 4) is 0 Å². The molecule has 0 radical (unpaired) electrons. The second kappa shape index (κ2) is 6.99. The number of carboxylic acid groups (broad SMARTS) is 2. The van der Waals surface area contributed by atoms with Crippen LogP contribution >= 0.6 is 0 Å². The second-order valence-electron chi connectivity index (χ2n) is 3.87. The fourth-order valence-electron chi connectivity index (χ4n) is 0.965. The summed E-state index contributed by atoms with van der Waals surface area (Å²) in [5.41, 5.74) is 0. The van der Waals surface area contributed by atoms with Gasteiger partial charge >= 0.3 is 35.7 Å². The number of ether oxygens (including phenoxy) is 1. The first-order valence-corrected chi connectivity index (χ1v) is 5.34. The highest BCUT2D eigenvalue weighted by Crippen LogP contribution is 2.26. The van der Waals surface area contributed by atoms with Crippen molar-refractivity contribution < 1.29 is 51.7 Å². The van der Waals surface area contributed by atoms with E-state index in [1.54, 1.807) is 0 Å². The minimum absolute atomic E-state index is 1.15. The number of carboxylic acids is 2. The Hall–Kier alpha value is -2.20. The monoisotopic (exact) mass is 318 g/mol. The maximum absolute atomic E-state index is 13.0. The largest absolute Gasteiger partial charge is 0.481 e. The van der Waals surface area contributed by atoms with Gasteiger partial charge in [-0.15, -0.1) is 0 Å². The molecule has 0 atom stereocenters. The summed E-state index contributed by atoms with van der Waals surface area (Å²) < 4.78 is 55.3. The first-order chi connectivity index (χ1) is 9.38. The van der Waals surface area contributed by atoms with E-state index >= 15 is 0 Å². The molecule has 0 amide bonds. The lowest BCUT2D eigenvalue weighted by molar-refractivity contribution is -0.193. The quantitative estimate of drug-likeness (QED) is 0.390. The fraction of sp³-hybridized carbons (Fsp3) is 0.600. The summed E-state index contributed by atoms with van der Waals surface area (Å²) in [5, 5.41) is 16.3. The number of rotatable bonds is 8. The van der Waals surface area contributed by atoms with E-state index in [1.807, 2.05) is 0 Å². The molecule has 0 saturated carbocycles. The third-order valence-corrected chi connectivity index (χ3v) is 2.09. The van der Waals surface area contributed by atoms with Gasteiger partial charge in [-0.3, -0.25) is 9.59 Å². The molecule has 0 aromatic heterocycles. The Labute approximate surface area is 114 Å². The molecule has 0 rings (SSSR count). The zero-order valence-corrected chi connectivity index (χ0v) is 10.3. The van der Waals surface area contributed by atoms with Crippen LogP contribution in [0.3, 0.4) is 0 Å². The molecule has 0 aromatic rings. The average Bonchev–Trinajstić information content (AvgIpc) is 2.34. The molecule has 0 aliphatic rings. The van der Waals surface area contributed by atoms with Gasteiger partial charge in [-0.05, 0) is 0 Å². The standard InChI is InChI=1S/C10H10F4O7/c11-9(12,3-1-5(15)16)7(19)21-8(20)10(13,14)4-2-6(17)18/h1-4H2,(H,15,16)(H,17,18). The summed E-state index contributed by atoms with van der Waals surface area (Å²) in [7, 11) is 0. The molecule has 0 aliphatic carbocycles. The molecule has 0 fully saturated rings. The number of halogens is 4. The first-order valence-electron chi connectivity index (χ1n) is 5.34. The smallest absolute Gasteiger partial charge is 0.384 e. The summed E-state index contributed by atoms with van der Waals surface area (Å²) in [4.78, 5) is 41.8. The Bertz CT molecular complexity index is 407. The van der Waals surface area contributed by atoms with Crippen molar-refractivity contribution in [2.75, 3.05) is 0 Å². The summed E-state index contributed by atoms with van der Waals surface area (Å²) in [6.07, 6.45) is -5.36. The van der Waals surface area contributed by atoms with Crippen LogP contribution in [0.1, 0.15) is 25.7 Å². The molecule has 0 aliphatic heterocycles. The van der Waals surface area contributed by atoms with Crippen LogP contribution in [0.25, 0.3) is 0 Å². The lowest BCUT2D eigenvalue weighted by atomic mass is 10.1. The molecule has 0 bridgehead atoms. The molecule has 0 spiro atoms. The van der Waals surface area contributed by atoms with Crippen LogP contribution in [0.5, 0.6) is 0 Å². The van der Waals surface area contributed by atoms with Gasteiger partial charge in [0.05, 0.1) is 12.8 Å². The molecule has 0 heterocycles. The van der Waals surface area contributed by atoms with Crippen LogP contribution in [-0.4, -0.2) is 45.9 Å². The highest BCUT2D eigenvalue weighted by atomic mass is 19.3. The van der Waals surface area contributed by atoms with Crippen LogP contribution in [-0.2, 0) is 23.9 Å². The third kappa shape index (κ3) is 6.68. The van der Waals surface area contributed by atoms with Crippen molar-refractivity contribution in [1.82, 2.24) is 0 Å². The van der Waals surface area contributed by atoms with Gasteiger partial charge in [-0.2, -0.15) is 17.6 Å². The molecule has 0 saturated heterocycles. The Morgan fingerprint density at radius 3 is 1.29 bits per heavy atom. The highest BCUT2D eigenvalue weighted by molar-refractivity contribution is 5.92. The number of alkyl halides is 4. The lowest BCUT2D eigenvalue weighted by Crippen LogP contribution is -2.39. The Balaban J connectivity index is 4.64. The number of aliphatic carboxylic acids is 2. The number of hydrogen-bond donors (Lipinski definition) is 2. The molecule has 0 aromatic carbocycles. The maximum Gasteiger partial charge on any atom is 0.384 e. The van der Waals surface area contributed by atoms with E-state index in [0.29, 0.717) is 0 Å². The molecule has 11 heteroatoms. The molecule has 7 nitrogen and oxygen atoms in total. The van der Waals surface area contributed by atoms with E-state index in [0.717, 1.165) is 0 Å². The lowest BCUT2D eigenvalue weighted by Gasteiger charge is -2.16. The van der Waals surface area contributed by atoms with Crippen LogP contribution in [0, 0.1) is 0 Å². The third-order valence-electron chi connectivity index (χ3n) is 2.09. The Morgan fingerprint density at radius 2 is 1.05 bits per heavy atom. The summed E-state index contributed by atoms with van der Waals surface area (Å²) >= 11 is 0. The first kappa shape index (κ1) is 18.8. The number of esters is 2. The highest BCUT2D eigenvalue weighted by Gasteiger charge is 2.48. The summed E-state index contributed by atoms with van der Waals surface area (Å²) in [6.45, 7) is 0. The predicted octanol–water partition coefficient (Wildman–Crippen LogP) is 1.06. The molecule has 0 unspecified atom stereocenters. The van der Waals surface area contributed by atoms with Gasteiger partial charge in [-0.1, -0.05) is 0 Å². The number of carbonyl (C=O) groups is 4. The molecule has 21 heavy (non-hydrogen) atoms. The van der Waals surface area contributed by atoms with Gasteiger partial charge in [0.15, 0.2) is 0 Å². The molecular formula is C10H10F4O7. The van der Waals surface area contributed by atoms with Crippen LogP contribution in [0.2, 0.25) is 0 Å². The SMILES string of the molecule is O=C(O)CCC(F)(F)C(=O)OC(=O)C(F)(F)CCC(=O)O. The normalized spacial score (nSPS) is 11.8. The molecule has 2 N–H and O–H groups in total. The molecule has 120 valence electrons. The van der Waals surface area contributed by atoms with Crippen molar-refractivity contribution in [1.29, 1.82) is 0 Å². The van der Waals surface area contributed by atoms with Gasteiger partial charge in [0.2, 0.25) is 0 Å². The fourth-order valence-corrected chi connectivity index (χ4v) is 0.965. The van der Waals surface area contributed by atoms with Gasteiger partial charge < -0.3 is 14.9 Å². The zero-order valence-electron chi connectivity index (χ0n) is 10.3. The van der Waals surface area contributed by atoms with Gasteiger partial charge in [-0.25, -0.2) is 9.59 Å². The topological polar surface area (TPSA) is 118 Å². The Kier molecular flexibility index (Phi) is 6.26. The van der Waals surface area contributed by atoms with Crippen molar-refractivity contribution in [2.24, 2.45) is 0 Å². The minimum Gasteiger partial charge on any atom is -0.481 e. The van der Waals surface area contributed by atoms with E-state index in [4.69, 9.17) is 10.2 Å². The van der Waals surface area contributed by atoms with Gasteiger partial charge in [0, 0.05) is 12.8 Å². The predicted molar refractivity (Wildman–Crippen MR) is 54.7 cm³/mol. The number of carbonyl (C=O) groups excluding carboxylic acids is 2. The van der Waals surface area contributed by atoms with Crippen molar-refractivity contribution >= 4 is 23.9 Å². The van der Waals surface area contributed by atoms with Gasteiger partial charge in [0.1, 0.15) is 0 Å². The van der Waals surface area contributed by atoms with E-state index in [2.05, 4.69) is 4.74 Å². The Morgan fingerprint density at radius 1 is 0.762 bits per heavy atom. The van der Waals surface area contributed by atoms with Crippen molar-refractivity contribution in [2.45, 2.75) is 37.5 Å². The summed E-state index contributed by atoms with van der Waals surface area (Å²) in [5.74, 6) is -17.4. The van der Waals surface area contributed by atoms with E-state index in [-0.39, 0.29) is 0 Å². The number of hydrogen-bond acceptors (Lipinski definition) is 5. The van der Waals surface area contributed by atoms with Crippen LogP contribution in [0.4, 0.5) is 17.6 Å².